The maximum absolute atomic E-state index is 9.22. The van der Waals surface area contributed by atoms with Crippen molar-refractivity contribution in [2.45, 2.75) is 31.3 Å². The van der Waals surface area contributed by atoms with Gasteiger partial charge in [0.15, 0.2) is 0 Å². The molecule has 1 aromatic carbocycles. The molecule has 16 heavy (non-hydrogen) atoms. The molecule has 0 aromatic heterocycles. The predicted molar refractivity (Wildman–Crippen MR) is 61.3 cm³/mol. The van der Waals surface area contributed by atoms with E-state index in [1.54, 1.807) is 7.11 Å². The summed E-state index contributed by atoms with van der Waals surface area (Å²) in [7, 11) is 1.64. The van der Waals surface area contributed by atoms with Gasteiger partial charge in [0.25, 0.3) is 0 Å². The molecule has 1 aliphatic heterocycles. The monoisotopic (exact) mass is 216 g/mol. The number of hydroxylamine groups is 2. The minimum atomic E-state index is -0.505. The fraction of sp³-hybridized carbons (Fsp3) is 0.462. The fourth-order valence-corrected chi connectivity index (χ4v) is 2.40. The molecule has 0 N–H and O–H groups in total. The number of benzene rings is 1. The Morgan fingerprint density at radius 1 is 1.44 bits per heavy atom. The van der Waals surface area contributed by atoms with Gasteiger partial charge in [-0.3, -0.25) is 0 Å². The first kappa shape index (κ1) is 11.1. The van der Waals surface area contributed by atoms with Crippen molar-refractivity contribution in [3.63, 3.8) is 0 Å². The van der Waals surface area contributed by atoms with Crippen LogP contribution in [0, 0.1) is 11.3 Å². The van der Waals surface area contributed by atoms with Crippen LogP contribution in [0.2, 0.25) is 0 Å². The molecule has 1 saturated heterocycles. The molecule has 3 nitrogen and oxygen atoms in total. The molecule has 2 unspecified atom stereocenters. The van der Waals surface area contributed by atoms with Crippen molar-refractivity contribution in [2.24, 2.45) is 0 Å². The second-order valence-electron chi connectivity index (χ2n) is 4.36. The first-order valence-electron chi connectivity index (χ1n) is 5.51. The largest absolute Gasteiger partial charge is 0.300 e. The van der Waals surface area contributed by atoms with Gasteiger partial charge in [-0.1, -0.05) is 30.3 Å². The summed E-state index contributed by atoms with van der Waals surface area (Å²) in [6.45, 7) is 1.93. The van der Waals surface area contributed by atoms with Gasteiger partial charge in [0, 0.05) is 0 Å². The van der Waals surface area contributed by atoms with Crippen LogP contribution >= 0.6 is 0 Å². The molecular formula is C13H16N2O. The summed E-state index contributed by atoms with van der Waals surface area (Å²) in [6.07, 6.45) is 1.80. The van der Waals surface area contributed by atoms with E-state index >= 15 is 0 Å². The van der Waals surface area contributed by atoms with E-state index < -0.39 is 5.54 Å². The second kappa shape index (κ2) is 4.25. The Hall–Kier alpha value is -1.37. The third kappa shape index (κ3) is 1.71. The van der Waals surface area contributed by atoms with Gasteiger partial charge in [-0.05, 0) is 25.3 Å². The number of nitriles is 1. The zero-order valence-electron chi connectivity index (χ0n) is 9.68. The van der Waals surface area contributed by atoms with Crippen LogP contribution in [0.15, 0.2) is 30.3 Å². The van der Waals surface area contributed by atoms with Crippen LogP contribution in [0.4, 0.5) is 0 Å². The van der Waals surface area contributed by atoms with E-state index in [4.69, 9.17) is 4.84 Å². The maximum Gasteiger partial charge on any atom is 0.130 e. The predicted octanol–water partition coefficient (Wildman–Crippen LogP) is 2.67. The summed E-state index contributed by atoms with van der Waals surface area (Å²) in [5, 5.41) is 11.0. The molecule has 84 valence electrons. The van der Waals surface area contributed by atoms with Gasteiger partial charge in [0.2, 0.25) is 0 Å². The molecule has 0 saturated carbocycles. The van der Waals surface area contributed by atoms with Crippen LogP contribution in [0.25, 0.3) is 0 Å². The zero-order valence-corrected chi connectivity index (χ0v) is 9.68. The molecule has 2 rings (SSSR count). The molecule has 2 atom stereocenters. The Morgan fingerprint density at radius 3 is 2.69 bits per heavy atom. The summed E-state index contributed by atoms with van der Waals surface area (Å²) in [5.74, 6) is 0. The molecule has 0 bridgehead atoms. The minimum absolute atomic E-state index is 0.191. The summed E-state index contributed by atoms with van der Waals surface area (Å²) in [4.78, 5) is 5.40. The van der Waals surface area contributed by atoms with E-state index in [1.165, 1.54) is 5.56 Å². The van der Waals surface area contributed by atoms with E-state index in [2.05, 4.69) is 18.2 Å². The van der Waals surface area contributed by atoms with E-state index in [1.807, 2.05) is 30.2 Å². The van der Waals surface area contributed by atoms with Crippen LogP contribution in [-0.4, -0.2) is 17.7 Å². The van der Waals surface area contributed by atoms with Gasteiger partial charge in [0.05, 0.1) is 19.2 Å². The molecular weight excluding hydrogens is 200 g/mol. The minimum Gasteiger partial charge on any atom is -0.300 e. The number of nitrogens with zero attached hydrogens (tertiary/aromatic N) is 2. The van der Waals surface area contributed by atoms with Gasteiger partial charge in [0.1, 0.15) is 5.54 Å². The van der Waals surface area contributed by atoms with Gasteiger partial charge in [-0.25, -0.2) is 0 Å². The van der Waals surface area contributed by atoms with Crippen LogP contribution in [-0.2, 0) is 4.84 Å². The highest BCUT2D eigenvalue weighted by atomic mass is 16.7. The van der Waals surface area contributed by atoms with Crippen molar-refractivity contribution < 1.29 is 4.84 Å². The fourth-order valence-electron chi connectivity index (χ4n) is 2.40. The highest BCUT2D eigenvalue weighted by Crippen LogP contribution is 2.41. The van der Waals surface area contributed by atoms with Crippen LogP contribution in [0.5, 0.6) is 0 Å². The molecule has 1 heterocycles. The number of rotatable bonds is 2. The van der Waals surface area contributed by atoms with Gasteiger partial charge in [-0.2, -0.15) is 10.3 Å². The van der Waals surface area contributed by atoms with Crippen molar-refractivity contribution in [2.75, 3.05) is 7.11 Å². The lowest BCUT2D eigenvalue weighted by atomic mass is 10.0. The molecule has 0 aliphatic carbocycles. The number of hydrogen-bond donors (Lipinski definition) is 0. The SMILES string of the molecule is CON1C(c2ccccc2)CCC1(C)C#N. The first-order valence-corrected chi connectivity index (χ1v) is 5.51. The molecule has 1 fully saturated rings. The Bertz CT molecular complexity index is 398. The third-order valence-corrected chi connectivity index (χ3v) is 3.30. The summed E-state index contributed by atoms with van der Waals surface area (Å²) < 4.78 is 0. The highest BCUT2D eigenvalue weighted by molar-refractivity contribution is 5.23. The lowest BCUT2D eigenvalue weighted by Crippen LogP contribution is -2.40. The van der Waals surface area contributed by atoms with Crippen molar-refractivity contribution >= 4 is 0 Å². The second-order valence-corrected chi connectivity index (χ2v) is 4.36. The van der Waals surface area contributed by atoms with Crippen molar-refractivity contribution in [1.82, 2.24) is 5.06 Å². The van der Waals surface area contributed by atoms with Crippen molar-refractivity contribution in [1.29, 1.82) is 5.26 Å². The van der Waals surface area contributed by atoms with Gasteiger partial charge in [-0.15, -0.1) is 0 Å². The van der Waals surface area contributed by atoms with E-state index in [9.17, 15) is 5.26 Å². The van der Waals surface area contributed by atoms with E-state index in [-0.39, 0.29) is 6.04 Å². The standard InChI is InChI=1S/C13H16N2O/c1-13(10-14)9-8-12(15(13)16-2)11-6-4-3-5-7-11/h3-7,12H,8-9H2,1-2H3. The van der Waals surface area contributed by atoms with Crippen molar-refractivity contribution in [3.05, 3.63) is 35.9 Å². The average molecular weight is 216 g/mol. The molecule has 1 aromatic rings. The Balaban J connectivity index is 2.29. The van der Waals surface area contributed by atoms with Crippen LogP contribution in [0.1, 0.15) is 31.4 Å². The topological polar surface area (TPSA) is 36.3 Å². The molecule has 0 spiro atoms. The smallest absolute Gasteiger partial charge is 0.130 e. The zero-order chi connectivity index (χ0) is 11.6. The highest BCUT2D eigenvalue weighted by Gasteiger charge is 2.44. The Labute approximate surface area is 96.2 Å². The van der Waals surface area contributed by atoms with E-state index in [0.717, 1.165) is 12.8 Å². The quantitative estimate of drug-likeness (QED) is 0.762. The summed E-state index contributed by atoms with van der Waals surface area (Å²) in [5.41, 5.74) is 0.707. The van der Waals surface area contributed by atoms with Crippen LogP contribution in [0.3, 0.4) is 0 Å². The Kier molecular flexibility index (Phi) is 2.95. The van der Waals surface area contributed by atoms with Gasteiger partial charge >= 0.3 is 0 Å². The normalized spacial score (nSPS) is 30.2. The lowest BCUT2D eigenvalue weighted by Gasteiger charge is -2.30. The maximum atomic E-state index is 9.22. The summed E-state index contributed by atoms with van der Waals surface area (Å²) in [6, 6.07) is 12.7. The van der Waals surface area contributed by atoms with E-state index in [0.29, 0.717) is 0 Å². The summed E-state index contributed by atoms with van der Waals surface area (Å²) >= 11 is 0. The lowest BCUT2D eigenvalue weighted by molar-refractivity contribution is -0.186. The Morgan fingerprint density at radius 2 is 2.12 bits per heavy atom. The molecule has 0 amide bonds. The van der Waals surface area contributed by atoms with Gasteiger partial charge < -0.3 is 4.84 Å². The molecule has 0 radical (unpaired) electrons. The first-order chi connectivity index (χ1) is 7.71. The number of hydrogen-bond acceptors (Lipinski definition) is 3. The molecule has 3 heteroatoms. The average Bonchev–Trinajstić information content (AvgIpc) is 2.68. The van der Waals surface area contributed by atoms with Crippen molar-refractivity contribution in [3.8, 4) is 6.07 Å². The van der Waals surface area contributed by atoms with Crippen LogP contribution < -0.4 is 0 Å². The molecule has 1 aliphatic rings. The third-order valence-electron chi connectivity index (χ3n) is 3.30.